The van der Waals surface area contributed by atoms with E-state index in [0.717, 1.165) is 21.2 Å². The molecule has 2 rings (SSSR count). The summed E-state index contributed by atoms with van der Waals surface area (Å²) >= 11 is 3.49. The van der Waals surface area contributed by atoms with Crippen molar-refractivity contribution in [2.24, 2.45) is 0 Å². The first-order valence-corrected chi connectivity index (χ1v) is 6.73. The standard InChI is InChI=1S/C16H14BrFO2/c1-10(11-4-6-12(18)7-5-11)13-8-15(19-2)16(20-3)9-14(13)17/h4-9H,1H2,2-3H3. The normalized spacial score (nSPS) is 10.2. The summed E-state index contributed by atoms with van der Waals surface area (Å²) in [4.78, 5) is 0. The van der Waals surface area contributed by atoms with Gasteiger partial charge in [-0.25, -0.2) is 4.39 Å². The summed E-state index contributed by atoms with van der Waals surface area (Å²) in [5.74, 6) is 0.983. The van der Waals surface area contributed by atoms with E-state index in [1.807, 2.05) is 12.1 Å². The lowest BCUT2D eigenvalue weighted by atomic mass is 9.99. The summed E-state index contributed by atoms with van der Waals surface area (Å²) in [6, 6.07) is 9.88. The van der Waals surface area contributed by atoms with E-state index < -0.39 is 0 Å². The smallest absolute Gasteiger partial charge is 0.161 e. The quantitative estimate of drug-likeness (QED) is 0.807. The number of rotatable bonds is 4. The highest BCUT2D eigenvalue weighted by Crippen LogP contribution is 2.37. The minimum absolute atomic E-state index is 0.270. The van der Waals surface area contributed by atoms with Gasteiger partial charge in [-0.1, -0.05) is 34.6 Å². The summed E-state index contributed by atoms with van der Waals surface area (Å²) in [6.45, 7) is 4.07. The van der Waals surface area contributed by atoms with E-state index in [2.05, 4.69) is 22.5 Å². The Morgan fingerprint density at radius 1 is 1.05 bits per heavy atom. The molecule has 0 spiro atoms. The van der Waals surface area contributed by atoms with Gasteiger partial charge in [-0.05, 0) is 41.0 Å². The third-order valence-electron chi connectivity index (χ3n) is 2.99. The van der Waals surface area contributed by atoms with Crippen molar-refractivity contribution in [2.75, 3.05) is 14.2 Å². The minimum Gasteiger partial charge on any atom is -0.493 e. The largest absolute Gasteiger partial charge is 0.493 e. The first kappa shape index (κ1) is 14.6. The van der Waals surface area contributed by atoms with Crippen LogP contribution < -0.4 is 9.47 Å². The molecule has 0 fully saturated rings. The van der Waals surface area contributed by atoms with Gasteiger partial charge in [0.05, 0.1) is 14.2 Å². The van der Waals surface area contributed by atoms with Crippen LogP contribution in [0.1, 0.15) is 11.1 Å². The van der Waals surface area contributed by atoms with Crippen molar-refractivity contribution < 1.29 is 13.9 Å². The van der Waals surface area contributed by atoms with Crippen LogP contribution in [0, 0.1) is 5.82 Å². The third-order valence-corrected chi connectivity index (χ3v) is 3.65. The maximum Gasteiger partial charge on any atom is 0.161 e. The number of methoxy groups -OCH3 is 2. The van der Waals surface area contributed by atoms with Gasteiger partial charge in [0.15, 0.2) is 11.5 Å². The molecule has 4 heteroatoms. The highest BCUT2D eigenvalue weighted by molar-refractivity contribution is 9.10. The van der Waals surface area contributed by atoms with Gasteiger partial charge < -0.3 is 9.47 Å². The van der Waals surface area contributed by atoms with Gasteiger partial charge in [0.25, 0.3) is 0 Å². The van der Waals surface area contributed by atoms with Gasteiger partial charge in [0, 0.05) is 4.47 Å². The molecule has 0 aliphatic rings. The van der Waals surface area contributed by atoms with Gasteiger partial charge in [0.1, 0.15) is 5.82 Å². The summed E-state index contributed by atoms with van der Waals surface area (Å²) in [5, 5.41) is 0. The molecule has 0 saturated heterocycles. The lowest BCUT2D eigenvalue weighted by Gasteiger charge is -2.14. The van der Waals surface area contributed by atoms with E-state index >= 15 is 0 Å². The van der Waals surface area contributed by atoms with Crippen molar-refractivity contribution in [3.8, 4) is 11.5 Å². The predicted molar refractivity (Wildman–Crippen MR) is 81.8 cm³/mol. The van der Waals surface area contributed by atoms with Gasteiger partial charge in [0.2, 0.25) is 0 Å². The molecular formula is C16H14BrFO2. The fourth-order valence-electron chi connectivity index (χ4n) is 1.89. The summed E-state index contributed by atoms with van der Waals surface area (Å²) in [7, 11) is 3.16. The first-order chi connectivity index (χ1) is 9.56. The second-order valence-electron chi connectivity index (χ2n) is 4.17. The molecule has 2 aromatic rings. The van der Waals surface area contributed by atoms with E-state index in [4.69, 9.17) is 9.47 Å². The Morgan fingerprint density at radius 2 is 1.60 bits per heavy atom. The zero-order valence-electron chi connectivity index (χ0n) is 11.2. The van der Waals surface area contributed by atoms with Crippen molar-refractivity contribution in [3.05, 3.63) is 64.4 Å². The highest BCUT2D eigenvalue weighted by atomic mass is 79.9. The third kappa shape index (κ3) is 2.85. The molecule has 0 unspecified atom stereocenters. The Bertz CT molecular complexity index is 636. The Morgan fingerprint density at radius 3 is 2.15 bits per heavy atom. The van der Waals surface area contributed by atoms with E-state index in [9.17, 15) is 4.39 Å². The molecule has 0 aliphatic carbocycles. The SMILES string of the molecule is C=C(c1ccc(F)cc1)c1cc(OC)c(OC)cc1Br. The fraction of sp³-hybridized carbons (Fsp3) is 0.125. The Kier molecular flexibility index (Phi) is 4.45. The maximum absolute atomic E-state index is 13.0. The first-order valence-electron chi connectivity index (χ1n) is 5.93. The van der Waals surface area contributed by atoms with E-state index in [-0.39, 0.29) is 5.82 Å². The minimum atomic E-state index is -0.270. The average molecular weight is 337 g/mol. The van der Waals surface area contributed by atoms with Gasteiger partial charge in [-0.2, -0.15) is 0 Å². The van der Waals surface area contributed by atoms with Crippen molar-refractivity contribution in [1.82, 2.24) is 0 Å². The summed E-state index contributed by atoms with van der Waals surface area (Å²) in [5.41, 5.74) is 2.49. The number of benzene rings is 2. The molecule has 0 saturated carbocycles. The molecule has 0 atom stereocenters. The van der Waals surface area contributed by atoms with Crippen LogP contribution in [0.2, 0.25) is 0 Å². The molecule has 0 aliphatic heterocycles. The Hall–Kier alpha value is -1.81. The van der Waals surface area contributed by atoms with Crippen molar-refractivity contribution in [1.29, 1.82) is 0 Å². The number of hydrogen-bond acceptors (Lipinski definition) is 2. The maximum atomic E-state index is 13.0. The summed E-state index contributed by atoms with van der Waals surface area (Å²) in [6.07, 6.45) is 0. The van der Waals surface area contributed by atoms with Gasteiger partial charge in [-0.15, -0.1) is 0 Å². The fourth-order valence-corrected chi connectivity index (χ4v) is 2.45. The zero-order chi connectivity index (χ0) is 14.7. The molecule has 0 N–H and O–H groups in total. The molecule has 0 aromatic heterocycles. The topological polar surface area (TPSA) is 18.5 Å². The second kappa shape index (κ2) is 6.09. The second-order valence-corrected chi connectivity index (χ2v) is 5.03. The van der Waals surface area contributed by atoms with Crippen molar-refractivity contribution in [3.63, 3.8) is 0 Å². The lowest BCUT2D eigenvalue weighted by molar-refractivity contribution is 0.354. The van der Waals surface area contributed by atoms with E-state index in [1.54, 1.807) is 26.4 Å². The molecule has 0 radical (unpaired) electrons. The van der Waals surface area contributed by atoms with E-state index in [0.29, 0.717) is 11.5 Å². The zero-order valence-corrected chi connectivity index (χ0v) is 12.8. The van der Waals surface area contributed by atoms with E-state index in [1.165, 1.54) is 12.1 Å². The molecule has 0 heterocycles. The predicted octanol–water partition coefficient (Wildman–Crippen LogP) is 4.67. The molecule has 0 bridgehead atoms. The molecule has 20 heavy (non-hydrogen) atoms. The Balaban J connectivity index is 2.46. The van der Waals surface area contributed by atoms with Crippen LogP contribution in [0.3, 0.4) is 0 Å². The molecule has 0 amide bonds. The van der Waals surface area contributed by atoms with Gasteiger partial charge in [-0.3, -0.25) is 0 Å². The van der Waals surface area contributed by atoms with Crippen LogP contribution in [0.15, 0.2) is 47.4 Å². The van der Waals surface area contributed by atoms with Crippen LogP contribution in [-0.4, -0.2) is 14.2 Å². The number of ether oxygens (including phenoxy) is 2. The van der Waals surface area contributed by atoms with Crippen molar-refractivity contribution in [2.45, 2.75) is 0 Å². The van der Waals surface area contributed by atoms with Crippen LogP contribution >= 0.6 is 15.9 Å². The molecule has 2 aromatic carbocycles. The number of hydrogen-bond donors (Lipinski definition) is 0. The summed E-state index contributed by atoms with van der Waals surface area (Å²) < 4.78 is 24.3. The monoisotopic (exact) mass is 336 g/mol. The Labute approximate surface area is 126 Å². The lowest BCUT2D eigenvalue weighted by Crippen LogP contribution is -1.94. The molecule has 2 nitrogen and oxygen atoms in total. The number of halogens is 2. The molecule has 104 valence electrons. The molecular weight excluding hydrogens is 323 g/mol. The average Bonchev–Trinajstić information content (AvgIpc) is 2.47. The van der Waals surface area contributed by atoms with Gasteiger partial charge >= 0.3 is 0 Å². The van der Waals surface area contributed by atoms with Crippen LogP contribution in [0.5, 0.6) is 11.5 Å². The highest BCUT2D eigenvalue weighted by Gasteiger charge is 2.13. The van der Waals surface area contributed by atoms with Crippen LogP contribution in [0.4, 0.5) is 4.39 Å². The van der Waals surface area contributed by atoms with Crippen LogP contribution in [0.25, 0.3) is 5.57 Å². The van der Waals surface area contributed by atoms with Crippen molar-refractivity contribution >= 4 is 21.5 Å². The van der Waals surface area contributed by atoms with Crippen LogP contribution in [-0.2, 0) is 0 Å².